The number of rotatable bonds is 6. The summed E-state index contributed by atoms with van der Waals surface area (Å²) in [5.74, 6) is 0. The van der Waals surface area contributed by atoms with E-state index in [0.29, 0.717) is 0 Å². The van der Waals surface area contributed by atoms with E-state index in [1.54, 1.807) is 0 Å². The van der Waals surface area contributed by atoms with Gasteiger partial charge in [-0.3, -0.25) is 0 Å². The van der Waals surface area contributed by atoms with Crippen molar-refractivity contribution in [3.8, 4) is 22.3 Å². The molecule has 0 N–H and O–H groups in total. The fraction of sp³-hybridized carbons (Fsp3) is 0.0213. The van der Waals surface area contributed by atoms with Gasteiger partial charge in [-0.15, -0.1) is 0 Å². The maximum Gasteiger partial charge on any atom is 0.0713 e. The van der Waals surface area contributed by atoms with E-state index in [1.165, 1.54) is 55.3 Å². The minimum Gasteiger partial charge on any atom is -0.310 e. The lowest BCUT2D eigenvalue weighted by molar-refractivity contribution is 0.769. The standard InChI is InChI=1S/C47H32BrN/c48-39-24-20-34(21-25-39)36-23-28-43-44-32-42(49(40-18-8-3-9-19-40)41-26-22-33-12-10-11-13-35(33)30-41)27-29-45(44)47(46(43)31-36,37-14-4-1-5-15-37)38-16-6-2-7-17-38/h1-32H. The Morgan fingerprint density at radius 2 is 0.939 bits per heavy atom. The first-order valence-electron chi connectivity index (χ1n) is 16.7. The summed E-state index contributed by atoms with van der Waals surface area (Å²) in [7, 11) is 0. The third kappa shape index (κ3) is 4.91. The number of benzene rings is 8. The number of nitrogens with zero attached hydrogens (tertiary/aromatic N) is 1. The van der Waals surface area contributed by atoms with Gasteiger partial charge in [0, 0.05) is 21.5 Å². The van der Waals surface area contributed by atoms with Gasteiger partial charge in [0.15, 0.2) is 0 Å². The van der Waals surface area contributed by atoms with Crippen molar-refractivity contribution in [1.82, 2.24) is 0 Å². The molecule has 0 aliphatic heterocycles. The van der Waals surface area contributed by atoms with Crippen molar-refractivity contribution in [2.45, 2.75) is 5.41 Å². The van der Waals surface area contributed by atoms with Crippen LogP contribution in [0.2, 0.25) is 0 Å². The van der Waals surface area contributed by atoms with E-state index < -0.39 is 5.41 Å². The van der Waals surface area contributed by atoms with Crippen molar-refractivity contribution in [3.05, 3.63) is 221 Å². The van der Waals surface area contributed by atoms with Crippen LogP contribution in [0.1, 0.15) is 22.3 Å². The summed E-state index contributed by atoms with van der Waals surface area (Å²) < 4.78 is 1.08. The van der Waals surface area contributed by atoms with Crippen molar-refractivity contribution < 1.29 is 0 Å². The highest BCUT2D eigenvalue weighted by molar-refractivity contribution is 9.10. The molecule has 0 fully saturated rings. The van der Waals surface area contributed by atoms with Gasteiger partial charge < -0.3 is 4.90 Å². The van der Waals surface area contributed by atoms with Crippen LogP contribution >= 0.6 is 15.9 Å². The fourth-order valence-corrected chi connectivity index (χ4v) is 8.05. The van der Waals surface area contributed by atoms with Crippen LogP contribution in [0.4, 0.5) is 17.1 Å². The molecule has 0 bridgehead atoms. The topological polar surface area (TPSA) is 3.24 Å². The third-order valence-electron chi connectivity index (χ3n) is 9.98. The van der Waals surface area contributed by atoms with Gasteiger partial charge >= 0.3 is 0 Å². The first-order valence-corrected chi connectivity index (χ1v) is 17.5. The molecule has 0 radical (unpaired) electrons. The highest BCUT2D eigenvalue weighted by Crippen LogP contribution is 2.57. The predicted octanol–water partition coefficient (Wildman–Crippen LogP) is 13.1. The molecule has 0 amide bonds. The summed E-state index contributed by atoms with van der Waals surface area (Å²) in [6.45, 7) is 0. The number of para-hydroxylation sites is 1. The molecule has 1 aliphatic carbocycles. The molecule has 0 saturated carbocycles. The number of hydrogen-bond acceptors (Lipinski definition) is 1. The number of hydrogen-bond donors (Lipinski definition) is 0. The van der Waals surface area contributed by atoms with Crippen LogP contribution in [-0.4, -0.2) is 0 Å². The first kappa shape index (κ1) is 29.4. The molecule has 0 aromatic heterocycles. The van der Waals surface area contributed by atoms with Gasteiger partial charge in [-0.2, -0.15) is 0 Å². The predicted molar refractivity (Wildman–Crippen MR) is 209 cm³/mol. The normalized spacial score (nSPS) is 12.8. The summed E-state index contributed by atoms with van der Waals surface area (Å²) in [6.07, 6.45) is 0. The minimum absolute atomic E-state index is 0.488. The zero-order chi connectivity index (χ0) is 32.8. The Balaban J connectivity index is 1.32. The molecule has 49 heavy (non-hydrogen) atoms. The summed E-state index contributed by atoms with van der Waals surface area (Å²) in [5.41, 5.74) is 12.9. The van der Waals surface area contributed by atoms with Crippen LogP contribution in [0.25, 0.3) is 33.0 Å². The van der Waals surface area contributed by atoms with Crippen LogP contribution in [0.3, 0.4) is 0 Å². The number of halogens is 1. The van der Waals surface area contributed by atoms with Gasteiger partial charge in [0.05, 0.1) is 5.41 Å². The molecule has 1 nitrogen and oxygen atoms in total. The van der Waals surface area contributed by atoms with Crippen molar-refractivity contribution in [2.24, 2.45) is 0 Å². The Morgan fingerprint density at radius 3 is 1.63 bits per heavy atom. The Kier molecular flexibility index (Phi) is 7.25. The SMILES string of the molecule is Brc1ccc(-c2ccc3c(c2)C(c2ccccc2)(c2ccccc2)c2ccc(N(c4ccccc4)c4ccc5ccccc5c4)cc2-3)cc1. The molecule has 0 unspecified atom stereocenters. The van der Waals surface area contributed by atoms with Gasteiger partial charge in [-0.05, 0) is 110 Å². The molecule has 9 rings (SSSR count). The third-order valence-corrected chi connectivity index (χ3v) is 10.5. The van der Waals surface area contributed by atoms with Crippen molar-refractivity contribution in [1.29, 1.82) is 0 Å². The lowest BCUT2D eigenvalue weighted by Gasteiger charge is -2.34. The monoisotopic (exact) mass is 689 g/mol. The second kappa shape index (κ2) is 12.1. The summed E-state index contributed by atoms with van der Waals surface area (Å²) >= 11 is 3.63. The van der Waals surface area contributed by atoms with Gasteiger partial charge in [-0.1, -0.05) is 155 Å². The quantitative estimate of drug-likeness (QED) is 0.168. The van der Waals surface area contributed by atoms with E-state index in [2.05, 4.69) is 215 Å². The van der Waals surface area contributed by atoms with E-state index in [1.807, 2.05) is 0 Å². The Hall–Kier alpha value is -5.70. The molecule has 0 saturated heterocycles. The summed E-state index contributed by atoms with van der Waals surface area (Å²) in [4.78, 5) is 2.38. The van der Waals surface area contributed by atoms with Gasteiger partial charge in [-0.25, -0.2) is 0 Å². The van der Waals surface area contributed by atoms with E-state index in [0.717, 1.165) is 21.5 Å². The lowest BCUT2D eigenvalue weighted by atomic mass is 9.67. The highest BCUT2D eigenvalue weighted by Gasteiger charge is 2.46. The van der Waals surface area contributed by atoms with Crippen molar-refractivity contribution in [2.75, 3.05) is 4.90 Å². The maximum absolute atomic E-state index is 3.63. The van der Waals surface area contributed by atoms with Crippen LogP contribution in [-0.2, 0) is 5.41 Å². The molecule has 2 heteroatoms. The highest BCUT2D eigenvalue weighted by atomic mass is 79.9. The van der Waals surface area contributed by atoms with Crippen molar-refractivity contribution >= 4 is 43.8 Å². The summed E-state index contributed by atoms with van der Waals surface area (Å²) in [5, 5.41) is 2.46. The second-order valence-corrected chi connectivity index (χ2v) is 13.6. The minimum atomic E-state index is -0.488. The molecule has 0 atom stereocenters. The molecule has 8 aromatic carbocycles. The first-order chi connectivity index (χ1) is 24.2. The fourth-order valence-electron chi connectivity index (χ4n) is 7.78. The molecular formula is C47H32BrN. The maximum atomic E-state index is 3.63. The Labute approximate surface area is 295 Å². The molecule has 8 aromatic rings. The molecule has 1 aliphatic rings. The smallest absolute Gasteiger partial charge is 0.0713 e. The van der Waals surface area contributed by atoms with Crippen LogP contribution in [0.5, 0.6) is 0 Å². The zero-order valence-electron chi connectivity index (χ0n) is 26.8. The average molecular weight is 691 g/mol. The molecule has 0 spiro atoms. The molecular weight excluding hydrogens is 658 g/mol. The van der Waals surface area contributed by atoms with E-state index in [9.17, 15) is 0 Å². The summed E-state index contributed by atoms with van der Waals surface area (Å²) in [6, 6.07) is 70.9. The van der Waals surface area contributed by atoms with Crippen molar-refractivity contribution in [3.63, 3.8) is 0 Å². The van der Waals surface area contributed by atoms with Gasteiger partial charge in [0.2, 0.25) is 0 Å². The zero-order valence-corrected chi connectivity index (χ0v) is 28.4. The largest absolute Gasteiger partial charge is 0.310 e. The van der Waals surface area contributed by atoms with E-state index >= 15 is 0 Å². The molecule has 232 valence electrons. The number of anilines is 3. The number of fused-ring (bicyclic) bond motifs is 4. The van der Waals surface area contributed by atoms with E-state index in [-0.39, 0.29) is 0 Å². The van der Waals surface area contributed by atoms with Gasteiger partial charge in [0.25, 0.3) is 0 Å². The van der Waals surface area contributed by atoms with Crippen LogP contribution in [0.15, 0.2) is 199 Å². The van der Waals surface area contributed by atoms with Crippen LogP contribution < -0.4 is 4.90 Å². The average Bonchev–Trinajstić information content (AvgIpc) is 3.46. The molecule has 0 heterocycles. The Morgan fingerprint density at radius 1 is 0.367 bits per heavy atom. The Bertz CT molecular complexity index is 2390. The lowest BCUT2D eigenvalue weighted by Crippen LogP contribution is -2.28. The van der Waals surface area contributed by atoms with Gasteiger partial charge in [0.1, 0.15) is 0 Å². The van der Waals surface area contributed by atoms with Crippen LogP contribution in [0, 0.1) is 0 Å². The second-order valence-electron chi connectivity index (χ2n) is 12.7. The van der Waals surface area contributed by atoms with E-state index in [4.69, 9.17) is 0 Å².